The molecule has 0 saturated carbocycles. The van der Waals surface area contributed by atoms with Gasteiger partial charge in [0, 0.05) is 11.5 Å². The molecule has 1 saturated heterocycles. The van der Waals surface area contributed by atoms with E-state index in [-0.39, 0.29) is 11.1 Å². The molecule has 1 fully saturated rings. The van der Waals surface area contributed by atoms with Crippen LogP contribution in [0.1, 0.15) is 36.0 Å². The highest BCUT2D eigenvalue weighted by Crippen LogP contribution is 2.34. The maximum atomic E-state index is 10.7. The first kappa shape index (κ1) is 11.1. The lowest BCUT2D eigenvalue weighted by atomic mass is 9.78. The van der Waals surface area contributed by atoms with Gasteiger partial charge in [0.1, 0.15) is 5.76 Å². The third-order valence-electron chi connectivity index (χ3n) is 3.41. The number of carboxylic acid groups (broad SMARTS) is 1. The lowest BCUT2D eigenvalue weighted by Crippen LogP contribution is -2.38. The molecule has 0 radical (unpaired) electrons. The number of rotatable bonds is 2. The normalized spacial score (nSPS) is 20.9. The minimum Gasteiger partial charge on any atom is -0.476 e. The van der Waals surface area contributed by atoms with Crippen molar-refractivity contribution in [1.29, 1.82) is 0 Å². The molecule has 16 heavy (non-hydrogen) atoms. The number of aromatic nitrogens is 1. The molecule has 0 atom stereocenters. The third kappa shape index (κ3) is 1.95. The average molecular weight is 224 g/mol. The molecule has 2 rings (SSSR count). The third-order valence-corrected chi connectivity index (χ3v) is 3.41. The van der Waals surface area contributed by atoms with Gasteiger partial charge in [-0.2, -0.15) is 0 Å². The van der Waals surface area contributed by atoms with E-state index in [0.29, 0.717) is 5.76 Å². The summed E-state index contributed by atoms with van der Waals surface area (Å²) in [5.41, 5.74) is -0.0807. The van der Waals surface area contributed by atoms with Crippen molar-refractivity contribution in [2.45, 2.75) is 25.2 Å². The summed E-state index contributed by atoms with van der Waals surface area (Å²) in [6, 6.07) is 1.55. The van der Waals surface area contributed by atoms with E-state index in [2.05, 4.69) is 24.0 Å². The van der Waals surface area contributed by atoms with Gasteiger partial charge < -0.3 is 14.5 Å². The lowest BCUT2D eigenvalue weighted by Gasteiger charge is -2.35. The van der Waals surface area contributed by atoms with Crippen LogP contribution in [-0.2, 0) is 5.41 Å². The summed E-state index contributed by atoms with van der Waals surface area (Å²) in [4.78, 5) is 13.0. The SMILES string of the molecule is CN1CCC(C)(c2cc(C(=O)O)no2)CC1. The monoisotopic (exact) mass is 224 g/mol. The van der Waals surface area contributed by atoms with Gasteiger partial charge in [-0.1, -0.05) is 12.1 Å². The molecule has 0 unspecified atom stereocenters. The van der Waals surface area contributed by atoms with Gasteiger partial charge in [0.2, 0.25) is 0 Å². The molecule has 0 spiro atoms. The molecule has 1 N–H and O–H groups in total. The van der Waals surface area contributed by atoms with Crippen molar-refractivity contribution in [3.05, 3.63) is 17.5 Å². The largest absolute Gasteiger partial charge is 0.476 e. The number of carbonyl (C=O) groups is 1. The Balaban J connectivity index is 2.19. The van der Waals surface area contributed by atoms with Gasteiger partial charge in [-0.05, 0) is 33.0 Å². The van der Waals surface area contributed by atoms with Crippen LogP contribution in [0.25, 0.3) is 0 Å². The first-order chi connectivity index (χ1) is 7.51. The highest BCUT2D eigenvalue weighted by molar-refractivity contribution is 5.85. The van der Waals surface area contributed by atoms with Crippen LogP contribution in [0.5, 0.6) is 0 Å². The highest BCUT2D eigenvalue weighted by atomic mass is 16.5. The molecule has 88 valence electrons. The minimum atomic E-state index is -1.04. The Morgan fingerprint density at radius 3 is 2.69 bits per heavy atom. The molecule has 0 bridgehead atoms. The van der Waals surface area contributed by atoms with Crippen LogP contribution < -0.4 is 0 Å². The molecule has 1 aromatic rings. The van der Waals surface area contributed by atoms with Gasteiger partial charge in [0.15, 0.2) is 5.69 Å². The maximum absolute atomic E-state index is 10.7. The fourth-order valence-corrected chi connectivity index (χ4v) is 2.02. The predicted octanol–water partition coefficient (Wildman–Crippen LogP) is 1.36. The summed E-state index contributed by atoms with van der Waals surface area (Å²) in [5, 5.41) is 12.4. The second kappa shape index (κ2) is 3.90. The van der Waals surface area contributed by atoms with Crippen LogP contribution in [0.4, 0.5) is 0 Å². The summed E-state index contributed by atoms with van der Waals surface area (Å²) in [7, 11) is 2.09. The van der Waals surface area contributed by atoms with Crippen LogP contribution in [0.2, 0.25) is 0 Å². The van der Waals surface area contributed by atoms with Crippen LogP contribution in [0, 0.1) is 0 Å². The van der Waals surface area contributed by atoms with Gasteiger partial charge in [0.05, 0.1) is 0 Å². The van der Waals surface area contributed by atoms with Crippen molar-refractivity contribution < 1.29 is 14.4 Å². The van der Waals surface area contributed by atoms with E-state index in [1.165, 1.54) is 0 Å². The van der Waals surface area contributed by atoms with Crippen molar-refractivity contribution in [1.82, 2.24) is 10.1 Å². The number of hydrogen-bond acceptors (Lipinski definition) is 4. The topological polar surface area (TPSA) is 66.6 Å². The molecule has 1 aliphatic heterocycles. The van der Waals surface area contributed by atoms with Gasteiger partial charge >= 0.3 is 5.97 Å². The molecule has 5 heteroatoms. The Morgan fingerprint density at radius 2 is 2.19 bits per heavy atom. The number of aromatic carboxylic acids is 1. The molecule has 0 aromatic carbocycles. The van der Waals surface area contributed by atoms with Gasteiger partial charge in [-0.3, -0.25) is 0 Å². The molecular formula is C11H16N2O3. The average Bonchev–Trinajstić information content (AvgIpc) is 2.72. The molecule has 0 aliphatic carbocycles. The molecule has 5 nitrogen and oxygen atoms in total. The van der Waals surface area contributed by atoms with E-state index in [1.54, 1.807) is 6.07 Å². The Hall–Kier alpha value is -1.36. The van der Waals surface area contributed by atoms with E-state index in [0.717, 1.165) is 25.9 Å². The summed E-state index contributed by atoms with van der Waals surface area (Å²) < 4.78 is 5.15. The van der Waals surface area contributed by atoms with Crippen molar-refractivity contribution in [2.75, 3.05) is 20.1 Å². The Morgan fingerprint density at radius 1 is 1.56 bits per heavy atom. The number of likely N-dealkylation sites (tertiary alicyclic amines) is 1. The van der Waals surface area contributed by atoms with Crippen LogP contribution >= 0.6 is 0 Å². The van der Waals surface area contributed by atoms with E-state index < -0.39 is 5.97 Å². The number of hydrogen-bond donors (Lipinski definition) is 1. The molecule has 2 heterocycles. The van der Waals surface area contributed by atoms with Crippen molar-refractivity contribution in [3.8, 4) is 0 Å². The molecular weight excluding hydrogens is 208 g/mol. The maximum Gasteiger partial charge on any atom is 0.358 e. The smallest absolute Gasteiger partial charge is 0.358 e. The second-order valence-electron chi connectivity index (χ2n) is 4.75. The van der Waals surface area contributed by atoms with E-state index >= 15 is 0 Å². The zero-order valence-electron chi connectivity index (χ0n) is 9.56. The fraction of sp³-hybridized carbons (Fsp3) is 0.636. The van der Waals surface area contributed by atoms with Crippen LogP contribution in [0.15, 0.2) is 10.6 Å². The standard InChI is InChI=1S/C11H16N2O3/c1-11(3-5-13(2)6-4-11)9-7-8(10(14)15)12-16-9/h7H,3-6H2,1-2H3,(H,14,15). The molecule has 0 amide bonds. The second-order valence-corrected chi connectivity index (χ2v) is 4.75. The number of carboxylic acids is 1. The van der Waals surface area contributed by atoms with E-state index in [1.807, 2.05) is 0 Å². The predicted molar refractivity (Wildman–Crippen MR) is 57.5 cm³/mol. The molecule has 1 aliphatic rings. The molecule has 1 aromatic heterocycles. The first-order valence-corrected chi connectivity index (χ1v) is 5.40. The van der Waals surface area contributed by atoms with Crippen LogP contribution in [-0.4, -0.2) is 41.3 Å². The van der Waals surface area contributed by atoms with Crippen LogP contribution in [0.3, 0.4) is 0 Å². The lowest BCUT2D eigenvalue weighted by molar-refractivity contribution is 0.0685. The van der Waals surface area contributed by atoms with Gasteiger partial charge in [0.25, 0.3) is 0 Å². The van der Waals surface area contributed by atoms with E-state index in [4.69, 9.17) is 9.63 Å². The van der Waals surface area contributed by atoms with E-state index in [9.17, 15) is 4.79 Å². The van der Waals surface area contributed by atoms with Crippen molar-refractivity contribution in [3.63, 3.8) is 0 Å². The summed E-state index contributed by atoms with van der Waals surface area (Å²) >= 11 is 0. The summed E-state index contributed by atoms with van der Waals surface area (Å²) in [5.74, 6) is -0.343. The Kier molecular flexibility index (Phi) is 2.71. The first-order valence-electron chi connectivity index (χ1n) is 5.40. The quantitative estimate of drug-likeness (QED) is 0.821. The highest BCUT2D eigenvalue weighted by Gasteiger charge is 2.34. The Labute approximate surface area is 94.0 Å². The van der Waals surface area contributed by atoms with Gasteiger partial charge in [-0.25, -0.2) is 4.79 Å². The summed E-state index contributed by atoms with van der Waals surface area (Å²) in [6.07, 6.45) is 1.94. The summed E-state index contributed by atoms with van der Waals surface area (Å²) in [6.45, 7) is 4.10. The fourth-order valence-electron chi connectivity index (χ4n) is 2.02. The Bertz CT molecular complexity index is 392. The zero-order chi connectivity index (χ0) is 11.8. The van der Waals surface area contributed by atoms with Gasteiger partial charge in [-0.15, -0.1) is 0 Å². The van der Waals surface area contributed by atoms with Crippen molar-refractivity contribution >= 4 is 5.97 Å². The number of nitrogens with zero attached hydrogens (tertiary/aromatic N) is 2. The number of piperidine rings is 1. The minimum absolute atomic E-state index is 0.00449. The van der Waals surface area contributed by atoms with Crippen molar-refractivity contribution in [2.24, 2.45) is 0 Å². The zero-order valence-corrected chi connectivity index (χ0v) is 9.56.